The van der Waals surface area contributed by atoms with Crippen LogP contribution in [0.25, 0.3) is 10.9 Å². The molecule has 0 atom stereocenters. The predicted molar refractivity (Wildman–Crippen MR) is 61.5 cm³/mol. The summed E-state index contributed by atoms with van der Waals surface area (Å²) in [6.45, 7) is 3.43. The number of aromatic nitrogens is 1. The number of fused-ring (bicyclic) bond motifs is 1. The molecule has 1 aromatic carbocycles. The van der Waals surface area contributed by atoms with Crippen LogP contribution in [0.15, 0.2) is 24.3 Å². The summed E-state index contributed by atoms with van der Waals surface area (Å²) >= 11 is 6.09. The summed E-state index contributed by atoms with van der Waals surface area (Å²) in [7, 11) is 0. The van der Waals surface area contributed by atoms with E-state index in [4.69, 9.17) is 11.6 Å². The lowest BCUT2D eigenvalue weighted by Crippen LogP contribution is -1.93. The maximum absolute atomic E-state index is 11.2. The van der Waals surface area contributed by atoms with Crippen LogP contribution in [-0.4, -0.2) is 10.8 Å². The van der Waals surface area contributed by atoms with Crippen LogP contribution in [-0.2, 0) is 0 Å². The zero-order chi connectivity index (χ0) is 11.0. The molecule has 0 saturated carbocycles. The van der Waals surface area contributed by atoms with E-state index in [0.29, 0.717) is 10.6 Å². The Bertz CT molecular complexity index is 549. The lowest BCUT2D eigenvalue weighted by Gasteiger charge is -2.03. The van der Waals surface area contributed by atoms with Crippen molar-refractivity contribution in [1.82, 2.24) is 4.98 Å². The first kappa shape index (κ1) is 10.1. The highest BCUT2D eigenvalue weighted by Crippen LogP contribution is 2.24. The molecule has 0 aliphatic carbocycles. The number of halogens is 1. The molecule has 0 amide bonds. The molecule has 0 spiro atoms. The number of benzene rings is 1. The fraction of sp³-hybridized carbons (Fsp3) is 0.167. The lowest BCUT2D eigenvalue weighted by atomic mass is 10.1. The SMILES string of the molecule is CC(=O)c1ccc2nc(C)cc(Cl)c2c1. The molecule has 3 heteroatoms. The minimum Gasteiger partial charge on any atom is -0.295 e. The normalized spacial score (nSPS) is 10.6. The van der Waals surface area contributed by atoms with Crippen LogP contribution in [0.4, 0.5) is 0 Å². The fourth-order valence-corrected chi connectivity index (χ4v) is 1.84. The molecule has 0 aliphatic rings. The van der Waals surface area contributed by atoms with E-state index in [0.717, 1.165) is 16.6 Å². The van der Waals surface area contributed by atoms with E-state index in [9.17, 15) is 4.79 Å². The minimum atomic E-state index is 0.0357. The van der Waals surface area contributed by atoms with Crippen LogP contribution in [0.5, 0.6) is 0 Å². The highest BCUT2D eigenvalue weighted by Gasteiger charge is 2.05. The number of nitrogens with zero attached hydrogens (tertiary/aromatic N) is 1. The van der Waals surface area contributed by atoms with Gasteiger partial charge in [0, 0.05) is 16.6 Å². The third-order valence-corrected chi connectivity index (χ3v) is 2.61. The highest BCUT2D eigenvalue weighted by molar-refractivity contribution is 6.35. The molecule has 0 bridgehead atoms. The van der Waals surface area contributed by atoms with Crippen LogP contribution in [0.2, 0.25) is 5.02 Å². The maximum Gasteiger partial charge on any atom is 0.159 e. The van der Waals surface area contributed by atoms with Gasteiger partial charge in [-0.05, 0) is 38.1 Å². The Morgan fingerprint density at radius 2 is 2.07 bits per heavy atom. The second-order valence-corrected chi connectivity index (χ2v) is 3.94. The van der Waals surface area contributed by atoms with Crippen molar-refractivity contribution in [3.63, 3.8) is 0 Å². The number of ketones is 1. The van der Waals surface area contributed by atoms with Crippen LogP contribution >= 0.6 is 11.6 Å². The molecule has 2 nitrogen and oxygen atoms in total. The van der Waals surface area contributed by atoms with Gasteiger partial charge in [-0.3, -0.25) is 9.78 Å². The minimum absolute atomic E-state index is 0.0357. The Morgan fingerprint density at radius 3 is 2.73 bits per heavy atom. The van der Waals surface area contributed by atoms with E-state index in [1.165, 1.54) is 6.92 Å². The second kappa shape index (κ2) is 3.63. The van der Waals surface area contributed by atoms with Crippen LogP contribution < -0.4 is 0 Å². The lowest BCUT2D eigenvalue weighted by molar-refractivity contribution is 0.101. The largest absolute Gasteiger partial charge is 0.295 e. The van der Waals surface area contributed by atoms with Crippen LogP contribution in [0.1, 0.15) is 23.0 Å². The summed E-state index contributed by atoms with van der Waals surface area (Å²) in [5, 5.41) is 1.47. The Hall–Kier alpha value is -1.41. The Morgan fingerprint density at radius 1 is 1.33 bits per heavy atom. The van der Waals surface area contributed by atoms with E-state index >= 15 is 0 Å². The van der Waals surface area contributed by atoms with Gasteiger partial charge in [0.15, 0.2) is 5.78 Å². The summed E-state index contributed by atoms with van der Waals surface area (Å²) < 4.78 is 0. The molecule has 2 rings (SSSR count). The van der Waals surface area contributed by atoms with Crippen molar-refractivity contribution in [2.75, 3.05) is 0 Å². The van der Waals surface area contributed by atoms with Gasteiger partial charge >= 0.3 is 0 Å². The van der Waals surface area contributed by atoms with Gasteiger partial charge in [0.1, 0.15) is 0 Å². The summed E-state index contributed by atoms with van der Waals surface area (Å²) in [5.74, 6) is 0.0357. The number of rotatable bonds is 1. The Balaban J connectivity index is 2.76. The first-order valence-electron chi connectivity index (χ1n) is 4.66. The van der Waals surface area contributed by atoms with Gasteiger partial charge in [-0.15, -0.1) is 0 Å². The van der Waals surface area contributed by atoms with E-state index in [2.05, 4.69) is 4.98 Å². The van der Waals surface area contributed by atoms with Crippen molar-refractivity contribution in [2.24, 2.45) is 0 Å². The van der Waals surface area contributed by atoms with E-state index in [1.807, 2.05) is 13.0 Å². The zero-order valence-corrected chi connectivity index (χ0v) is 9.30. The number of hydrogen-bond acceptors (Lipinski definition) is 2. The van der Waals surface area contributed by atoms with Crippen molar-refractivity contribution in [1.29, 1.82) is 0 Å². The average molecular weight is 220 g/mol. The molecule has 2 aromatic rings. The monoisotopic (exact) mass is 219 g/mol. The number of hydrogen-bond donors (Lipinski definition) is 0. The van der Waals surface area contributed by atoms with Crippen molar-refractivity contribution >= 4 is 28.3 Å². The van der Waals surface area contributed by atoms with Crippen molar-refractivity contribution in [3.05, 3.63) is 40.5 Å². The third-order valence-electron chi connectivity index (χ3n) is 2.29. The molecule has 76 valence electrons. The second-order valence-electron chi connectivity index (χ2n) is 3.53. The van der Waals surface area contributed by atoms with Gasteiger partial charge < -0.3 is 0 Å². The van der Waals surface area contributed by atoms with Crippen molar-refractivity contribution < 1.29 is 4.79 Å². The number of carbonyl (C=O) groups is 1. The molecule has 0 unspecified atom stereocenters. The van der Waals surface area contributed by atoms with E-state index in [1.54, 1.807) is 18.2 Å². The van der Waals surface area contributed by atoms with Gasteiger partial charge in [0.25, 0.3) is 0 Å². The fourth-order valence-electron chi connectivity index (χ4n) is 1.53. The first-order chi connectivity index (χ1) is 7.08. The molecule has 15 heavy (non-hydrogen) atoms. The first-order valence-corrected chi connectivity index (χ1v) is 5.03. The Labute approximate surface area is 92.9 Å². The molecule has 0 N–H and O–H groups in total. The van der Waals surface area contributed by atoms with Crippen LogP contribution in [0, 0.1) is 6.92 Å². The average Bonchev–Trinajstić information content (AvgIpc) is 2.16. The topological polar surface area (TPSA) is 30.0 Å². The van der Waals surface area contributed by atoms with Gasteiger partial charge in [-0.1, -0.05) is 11.6 Å². The van der Waals surface area contributed by atoms with Gasteiger partial charge in [-0.2, -0.15) is 0 Å². The smallest absolute Gasteiger partial charge is 0.159 e. The molecule has 0 aliphatic heterocycles. The van der Waals surface area contributed by atoms with Gasteiger partial charge in [-0.25, -0.2) is 0 Å². The summed E-state index contributed by atoms with van der Waals surface area (Å²) in [4.78, 5) is 15.5. The van der Waals surface area contributed by atoms with Crippen LogP contribution in [0.3, 0.4) is 0 Å². The van der Waals surface area contributed by atoms with Crippen molar-refractivity contribution in [3.8, 4) is 0 Å². The van der Waals surface area contributed by atoms with E-state index in [-0.39, 0.29) is 5.78 Å². The molecule has 0 radical (unpaired) electrons. The summed E-state index contributed by atoms with van der Waals surface area (Å²) in [6, 6.07) is 7.18. The summed E-state index contributed by atoms with van der Waals surface area (Å²) in [6.07, 6.45) is 0. The quantitative estimate of drug-likeness (QED) is 0.688. The number of aryl methyl sites for hydroxylation is 1. The molecule has 0 saturated heterocycles. The molecular formula is C12H10ClNO. The van der Waals surface area contributed by atoms with Gasteiger partial charge in [0.05, 0.1) is 10.5 Å². The third kappa shape index (κ3) is 1.85. The zero-order valence-electron chi connectivity index (χ0n) is 8.54. The Kier molecular flexibility index (Phi) is 2.45. The molecule has 1 heterocycles. The number of pyridine rings is 1. The van der Waals surface area contributed by atoms with E-state index < -0.39 is 0 Å². The van der Waals surface area contributed by atoms with Crippen molar-refractivity contribution in [2.45, 2.75) is 13.8 Å². The molecule has 1 aromatic heterocycles. The maximum atomic E-state index is 11.2. The summed E-state index contributed by atoms with van der Waals surface area (Å²) in [5.41, 5.74) is 2.36. The predicted octanol–water partition coefficient (Wildman–Crippen LogP) is 3.40. The van der Waals surface area contributed by atoms with Gasteiger partial charge in [0.2, 0.25) is 0 Å². The molecular weight excluding hydrogens is 210 g/mol. The molecule has 0 fully saturated rings. The number of carbonyl (C=O) groups excluding carboxylic acids is 1. The highest BCUT2D eigenvalue weighted by atomic mass is 35.5. The number of Topliss-reactive ketones (excluding diaryl/α,β-unsaturated/α-hetero) is 1. The standard InChI is InChI=1S/C12H10ClNO/c1-7-5-11(13)10-6-9(8(2)15)3-4-12(10)14-7/h3-6H,1-2H3.